The number of aromatic nitrogens is 3. The van der Waals surface area contributed by atoms with Gasteiger partial charge in [-0.1, -0.05) is 12.1 Å². The van der Waals surface area contributed by atoms with E-state index in [1.165, 1.54) is 5.56 Å². The molecule has 4 heteroatoms. The van der Waals surface area contributed by atoms with Crippen LogP contribution < -0.4 is 0 Å². The Balaban J connectivity index is 2.11. The molecule has 3 rings (SSSR count). The SMILES string of the molecule is Cc1ccc2c(c1)nc(CCl)n2Cc1cccnc1. The number of nitrogens with zero attached hydrogens (tertiary/aromatic N) is 3. The summed E-state index contributed by atoms with van der Waals surface area (Å²) in [6.07, 6.45) is 3.65. The van der Waals surface area contributed by atoms with Gasteiger partial charge in [-0.2, -0.15) is 0 Å². The number of pyridine rings is 1. The van der Waals surface area contributed by atoms with Gasteiger partial charge in [0.15, 0.2) is 0 Å². The summed E-state index contributed by atoms with van der Waals surface area (Å²) in [5.74, 6) is 1.31. The normalized spacial score (nSPS) is 11.1. The highest BCUT2D eigenvalue weighted by Gasteiger charge is 2.10. The molecule has 0 spiro atoms. The fourth-order valence-corrected chi connectivity index (χ4v) is 2.45. The summed E-state index contributed by atoms with van der Waals surface area (Å²) in [6.45, 7) is 2.81. The van der Waals surface area contributed by atoms with Crippen molar-refractivity contribution in [2.45, 2.75) is 19.3 Å². The van der Waals surface area contributed by atoms with Crippen LogP contribution in [-0.4, -0.2) is 14.5 Å². The van der Waals surface area contributed by atoms with E-state index in [0.717, 1.165) is 29.0 Å². The zero-order valence-electron chi connectivity index (χ0n) is 10.7. The third kappa shape index (κ3) is 2.34. The van der Waals surface area contributed by atoms with E-state index in [9.17, 15) is 0 Å². The van der Waals surface area contributed by atoms with Gasteiger partial charge >= 0.3 is 0 Å². The van der Waals surface area contributed by atoms with E-state index < -0.39 is 0 Å². The van der Waals surface area contributed by atoms with Crippen molar-refractivity contribution in [3.63, 3.8) is 0 Å². The summed E-state index contributed by atoms with van der Waals surface area (Å²) in [7, 11) is 0. The summed E-state index contributed by atoms with van der Waals surface area (Å²) < 4.78 is 2.15. The van der Waals surface area contributed by atoms with Crippen LogP contribution >= 0.6 is 11.6 Å². The monoisotopic (exact) mass is 271 g/mol. The Labute approximate surface area is 116 Å². The fourth-order valence-electron chi connectivity index (χ4n) is 2.24. The van der Waals surface area contributed by atoms with Crippen LogP contribution in [0.4, 0.5) is 0 Å². The molecule has 0 amide bonds. The highest BCUT2D eigenvalue weighted by molar-refractivity contribution is 6.16. The maximum atomic E-state index is 6.01. The smallest absolute Gasteiger partial charge is 0.125 e. The van der Waals surface area contributed by atoms with Crippen LogP contribution in [0.2, 0.25) is 0 Å². The van der Waals surface area contributed by atoms with Crippen LogP contribution in [0.5, 0.6) is 0 Å². The number of alkyl halides is 1. The van der Waals surface area contributed by atoms with E-state index in [1.807, 2.05) is 12.3 Å². The van der Waals surface area contributed by atoms with Gasteiger partial charge in [0.2, 0.25) is 0 Å². The Kier molecular flexibility index (Phi) is 3.22. The topological polar surface area (TPSA) is 30.7 Å². The predicted molar refractivity (Wildman–Crippen MR) is 77.4 cm³/mol. The van der Waals surface area contributed by atoms with Crippen molar-refractivity contribution < 1.29 is 0 Å². The minimum absolute atomic E-state index is 0.411. The lowest BCUT2D eigenvalue weighted by Crippen LogP contribution is -2.03. The lowest BCUT2D eigenvalue weighted by atomic mass is 10.2. The van der Waals surface area contributed by atoms with Gasteiger partial charge in [0.05, 0.1) is 23.5 Å². The number of hydrogen-bond acceptors (Lipinski definition) is 2. The first-order valence-corrected chi connectivity index (χ1v) is 6.72. The number of halogens is 1. The maximum Gasteiger partial charge on any atom is 0.125 e. The van der Waals surface area contributed by atoms with Gasteiger partial charge in [0, 0.05) is 12.4 Å². The van der Waals surface area contributed by atoms with Crippen LogP contribution in [0.3, 0.4) is 0 Å². The van der Waals surface area contributed by atoms with Crippen LogP contribution in [0, 0.1) is 6.92 Å². The zero-order chi connectivity index (χ0) is 13.2. The molecule has 3 aromatic rings. The Morgan fingerprint density at radius 3 is 2.89 bits per heavy atom. The molecule has 0 bridgehead atoms. The van der Waals surface area contributed by atoms with Gasteiger partial charge in [-0.05, 0) is 36.2 Å². The molecule has 0 unspecified atom stereocenters. The number of aryl methyl sites for hydroxylation is 1. The minimum Gasteiger partial charge on any atom is -0.322 e. The van der Waals surface area contributed by atoms with Gasteiger partial charge < -0.3 is 4.57 Å². The number of imidazole rings is 1. The molecular formula is C15H14ClN3. The molecule has 0 aliphatic heterocycles. The van der Waals surface area contributed by atoms with Crippen molar-refractivity contribution in [2.24, 2.45) is 0 Å². The third-order valence-corrected chi connectivity index (χ3v) is 3.40. The minimum atomic E-state index is 0.411. The molecule has 96 valence electrons. The first-order chi connectivity index (χ1) is 9.28. The summed E-state index contributed by atoms with van der Waals surface area (Å²) in [5.41, 5.74) is 4.47. The summed E-state index contributed by atoms with van der Waals surface area (Å²) in [5, 5.41) is 0. The van der Waals surface area contributed by atoms with Crippen LogP contribution in [0.15, 0.2) is 42.7 Å². The van der Waals surface area contributed by atoms with Crippen LogP contribution in [0.1, 0.15) is 17.0 Å². The van der Waals surface area contributed by atoms with Gasteiger partial charge in [-0.15, -0.1) is 11.6 Å². The van der Waals surface area contributed by atoms with Crippen molar-refractivity contribution in [2.75, 3.05) is 0 Å². The summed E-state index contributed by atoms with van der Waals surface area (Å²) in [4.78, 5) is 8.75. The molecular weight excluding hydrogens is 258 g/mol. The molecule has 0 saturated heterocycles. The average molecular weight is 272 g/mol. The van der Waals surface area contributed by atoms with Gasteiger partial charge in [-0.25, -0.2) is 4.98 Å². The Morgan fingerprint density at radius 2 is 2.16 bits per heavy atom. The van der Waals surface area contributed by atoms with Gasteiger partial charge in [0.1, 0.15) is 5.82 Å². The largest absolute Gasteiger partial charge is 0.322 e. The van der Waals surface area contributed by atoms with Crippen LogP contribution in [0.25, 0.3) is 11.0 Å². The standard InChI is InChI=1S/C15H14ClN3/c1-11-4-5-14-13(7-11)18-15(8-16)19(14)10-12-3-2-6-17-9-12/h2-7,9H,8,10H2,1H3. The molecule has 2 aromatic heterocycles. The van der Waals surface area contributed by atoms with Crippen molar-refractivity contribution >= 4 is 22.6 Å². The van der Waals surface area contributed by atoms with Crippen molar-refractivity contribution in [1.82, 2.24) is 14.5 Å². The Hall–Kier alpha value is -1.87. The quantitative estimate of drug-likeness (QED) is 0.683. The second-order valence-electron chi connectivity index (χ2n) is 4.60. The van der Waals surface area contributed by atoms with Crippen LogP contribution in [-0.2, 0) is 12.4 Å². The zero-order valence-corrected chi connectivity index (χ0v) is 11.4. The molecule has 0 N–H and O–H groups in total. The van der Waals surface area contributed by atoms with E-state index >= 15 is 0 Å². The lowest BCUT2D eigenvalue weighted by Gasteiger charge is -2.07. The van der Waals surface area contributed by atoms with E-state index in [0.29, 0.717) is 5.88 Å². The second-order valence-corrected chi connectivity index (χ2v) is 4.87. The van der Waals surface area contributed by atoms with E-state index in [1.54, 1.807) is 6.20 Å². The number of hydrogen-bond donors (Lipinski definition) is 0. The predicted octanol–water partition coefficient (Wildman–Crippen LogP) is 3.53. The van der Waals surface area contributed by atoms with E-state index in [4.69, 9.17) is 11.6 Å². The van der Waals surface area contributed by atoms with Gasteiger partial charge in [-0.3, -0.25) is 4.98 Å². The molecule has 1 aromatic carbocycles. The maximum absolute atomic E-state index is 6.01. The third-order valence-electron chi connectivity index (χ3n) is 3.17. The van der Waals surface area contributed by atoms with Crippen molar-refractivity contribution in [3.05, 3.63) is 59.7 Å². The molecule has 0 radical (unpaired) electrons. The van der Waals surface area contributed by atoms with Crippen molar-refractivity contribution in [3.8, 4) is 0 Å². The molecule has 0 fully saturated rings. The molecule has 0 aliphatic carbocycles. The highest BCUT2D eigenvalue weighted by atomic mass is 35.5. The Morgan fingerprint density at radius 1 is 1.26 bits per heavy atom. The van der Waals surface area contributed by atoms with Gasteiger partial charge in [0.25, 0.3) is 0 Å². The molecule has 19 heavy (non-hydrogen) atoms. The first-order valence-electron chi connectivity index (χ1n) is 6.18. The molecule has 3 nitrogen and oxygen atoms in total. The fraction of sp³-hybridized carbons (Fsp3) is 0.200. The highest BCUT2D eigenvalue weighted by Crippen LogP contribution is 2.20. The van der Waals surface area contributed by atoms with E-state index in [2.05, 4.69) is 45.7 Å². The lowest BCUT2D eigenvalue weighted by molar-refractivity contribution is 0.775. The second kappa shape index (κ2) is 5.02. The van der Waals surface area contributed by atoms with E-state index in [-0.39, 0.29) is 0 Å². The number of rotatable bonds is 3. The molecule has 0 aliphatic rings. The molecule has 0 saturated carbocycles. The molecule has 2 heterocycles. The average Bonchev–Trinajstić information content (AvgIpc) is 2.77. The number of fused-ring (bicyclic) bond motifs is 1. The summed E-state index contributed by atoms with van der Waals surface area (Å²) in [6, 6.07) is 10.3. The first kappa shape index (κ1) is 12.2. The number of benzene rings is 1. The van der Waals surface area contributed by atoms with Crippen molar-refractivity contribution in [1.29, 1.82) is 0 Å². The summed E-state index contributed by atoms with van der Waals surface area (Å²) >= 11 is 6.01. The Bertz CT molecular complexity index is 704. The molecule has 0 atom stereocenters.